The first kappa shape index (κ1) is 16.0. The Hall–Kier alpha value is -2.40. The molecule has 0 radical (unpaired) electrons. The van der Waals surface area contributed by atoms with Crippen molar-refractivity contribution in [1.82, 2.24) is 0 Å². The summed E-state index contributed by atoms with van der Waals surface area (Å²) >= 11 is 4.84. The first-order valence-electron chi connectivity index (χ1n) is 6.93. The number of aryl methyl sites for hydroxylation is 3. The lowest BCUT2D eigenvalue weighted by Crippen LogP contribution is -2.19. The first-order valence-corrected chi connectivity index (χ1v) is 7.34. The zero-order valence-electron chi connectivity index (χ0n) is 12.9. The molecule has 0 spiro atoms. The minimum Gasteiger partial charge on any atom is -0.376 e. The van der Waals surface area contributed by atoms with E-state index in [1.165, 1.54) is 0 Å². The SMILES string of the molecule is Cc1ccccc1C(=O)Nc1c(C)cc(NC(N)=S)cc1C. The van der Waals surface area contributed by atoms with Gasteiger partial charge in [-0.2, -0.15) is 0 Å². The molecule has 0 aliphatic rings. The van der Waals surface area contributed by atoms with Crippen LogP contribution in [0.15, 0.2) is 36.4 Å². The summed E-state index contributed by atoms with van der Waals surface area (Å²) < 4.78 is 0. The van der Waals surface area contributed by atoms with E-state index in [9.17, 15) is 4.79 Å². The number of amides is 1. The normalized spacial score (nSPS) is 10.1. The maximum atomic E-state index is 12.4. The zero-order valence-corrected chi connectivity index (χ0v) is 13.7. The summed E-state index contributed by atoms with van der Waals surface area (Å²) in [5.74, 6) is -0.112. The van der Waals surface area contributed by atoms with E-state index in [-0.39, 0.29) is 11.0 Å². The number of hydrogen-bond acceptors (Lipinski definition) is 2. The molecular weight excluding hydrogens is 294 g/mol. The number of nitrogens with two attached hydrogens (primary N) is 1. The van der Waals surface area contributed by atoms with Crippen LogP contribution in [0.5, 0.6) is 0 Å². The number of carbonyl (C=O) groups excluding carboxylic acids is 1. The van der Waals surface area contributed by atoms with Crippen molar-refractivity contribution < 1.29 is 4.79 Å². The standard InChI is InChI=1S/C17H19N3OS/c1-10-6-4-5-7-14(10)16(21)20-15-11(2)8-13(9-12(15)3)19-17(18)22/h4-9H,1-3H3,(H,20,21)(H3,18,19,22). The van der Waals surface area contributed by atoms with Crippen LogP contribution < -0.4 is 16.4 Å². The predicted molar refractivity (Wildman–Crippen MR) is 95.5 cm³/mol. The van der Waals surface area contributed by atoms with Crippen molar-refractivity contribution in [3.63, 3.8) is 0 Å². The molecule has 0 atom stereocenters. The lowest BCUT2D eigenvalue weighted by Gasteiger charge is -2.15. The van der Waals surface area contributed by atoms with Gasteiger partial charge in [-0.15, -0.1) is 0 Å². The van der Waals surface area contributed by atoms with Gasteiger partial charge in [0.1, 0.15) is 0 Å². The molecule has 2 aromatic carbocycles. The van der Waals surface area contributed by atoms with Gasteiger partial charge in [-0.05, 0) is 67.9 Å². The topological polar surface area (TPSA) is 67.2 Å². The van der Waals surface area contributed by atoms with Crippen LogP contribution >= 0.6 is 12.2 Å². The minimum atomic E-state index is -0.112. The van der Waals surface area contributed by atoms with E-state index in [2.05, 4.69) is 10.6 Å². The Morgan fingerprint density at radius 3 is 2.14 bits per heavy atom. The molecule has 22 heavy (non-hydrogen) atoms. The minimum absolute atomic E-state index is 0.112. The highest BCUT2D eigenvalue weighted by atomic mass is 32.1. The van der Waals surface area contributed by atoms with Crippen LogP contribution in [0.4, 0.5) is 11.4 Å². The Kier molecular flexibility index (Phi) is 4.78. The van der Waals surface area contributed by atoms with Crippen molar-refractivity contribution in [1.29, 1.82) is 0 Å². The van der Waals surface area contributed by atoms with Gasteiger partial charge in [-0.3, -0.25) is 4.79 Å². The van der Waals surface area contributed by atoms with Gasteiger partial charge in [0.05, 0.1) is 0 Å². The highest BCUT2D eigenvalue weighted by Gasteiger charge is 2.12. The molecule has 0 heterocycles. The Bertz CT molecular complexity index is 717. The van der Waals surface area contributed by atoms with E-state index < -0.39 is 0 Å². The molecule has 2 rings (SSSR count). The Labute approximate surface area is 135 Å². The van der Waals surface area contributed by atoms with Crippen LogP contribution in [0.3, 0.4) is 0 Å². The average Bonchev–Trinajstić information content (AvgIpc) is 2.42. The number of benzene rings is 2. The lowest BCUT2D eigenvalue weighted by atomic mass is 10.1. The van der Waals surface area contributed by atoms with Crippen LogP contribution in [0.2, 0.25) is 0 Å². The van der Waals surface area contributed by atoms with Gasteiger partial charge in [0, 0.05) is 16.9 Å². The molecular formula is C17H19N3OS. The maximum Gasteiger partial charge on any atom is 0.255 e. The molecule has 4 N–H and O–H groups in total. The molecule has 2 aromatic rings. The molecule has 0 aliphatic heterocycles. The summed E-state index contributed by atoms with van der Waals surface area (Å²) in [6.45, 7) is 5.79. The monoisotopic (exact) mass is 313 g/mol. The highest BCUT2D eigenvalue weighted by molar-refractivity contribution is 7.80. The van der Waals surface area contributed by atoms with Gasteiger partial charge < -0.3 is 16.4 Å². The Morgan fingerprint density at radius 2 is 1.59 bits per heavy atom. The quantitative estimate of drug-likeness (QED) is 0.759. The molecule has 0 fully saturated rings. The fourth-order valence-corrected chi connectivity index (χ4v) is 2.50. The van der Waals surface area contributed by atoms with Gasteiger partial charge in [-0.1, -0.05) is 18.2 Å². The third-order valence-electron chi connectivity index (χ3n) is 3.43. The van der Waals surface area contributed by atoms with Crippen molar-refractivity contribution in [3.8, 4) is 0 Å². The zero-order chi connectivity index (χ0) is 16.3. The van der Waals surface area contributed by atoms with E-state index in [0.29, 0.717) is 5.56 Å². The predicted octanol–water partition coefficient (Wildman–Crippen LogP) is 3.52. The number of thiocarbonyl (C=S) groups is 1. The largest absolute Gasteiger partial charge is 0.376 e. The fraction of sp³-hybridized carbons (Fsp3) is 0.176. The molecule has 114 valence electrons. The van der Waals surface area contributed by atoms with Crippen molar-refractivity contribution in [2.75, 3.05) is 10.6 Å². The van der Waals surface area contributed by atoms with Crippen molar-refractivity contribution in [3.05, 3.63) is 58.7 Å². The van der Waals surface area contributed by atoms with Crippen LogP contribution in [-0.2, 0) is 0 Å². The number of rotatable bonds is 3. The van der Waals surface area contributed by atoms with E-state index in [1.807, 2.05) is 57.2 Å². The summed E-state index contributed by atoms with van der Waals surface area (Å²) in [6.07, 6.45) is 0. The molecule has 0 bridgehead atoms. The summed E-state index contributed by atoms with van der Waals surface area (Å²) in [5.41, 5.74) is 10.6. The van der Waals surface area contributed by atoms with Crippen LogP contribution in [0.25, 0.3) is 0 Å². The number of hydrogen-bond donors (Lipinski definition) is 3. The van der Waals surface area contributed by atoms with E-state index in [1.54, 1.807) is 0 Å². The van der Waals surface area contributed by atoms with E-state index in [0.717, 1.165) is 28.1 Å². The number of carbonyl (C=O) groups is 1. The Balaban J connectivity index is 2.28. The highest BCUT2D eigenvalue weighted by Crippen LogP contribution is 2.25. The van der Waals surface area contributed by atoms with Crippen LogP contribution in [-0.4, -0.2) is 11.0 Å². The van der Waals surface area contributed by atoms with Gasteiger partial charge in [-0.25, -0.2) is 0 Å². The molecule has 5 heteroatoms. The molecule has 0 aliphatic carbocycles. The smallest absolute Gasteiger partial charge is 0.255 e. The molecule has 0 saturated carbocycles. The van der Waals surface area contributed by atoms with Gasteiger partial charge in [0.25, 0.3) is 5.91 Å². The number of anilines is 2. The summed E-state index contributed by atoms with van der Waals surface area (Å²) in [6, 6.07) is 11.3. The van der Waals surface area contributed by atoms with Crippen molar-refractivity contribution in [2.24, 2.45) is 5.73 Å². The van der Waals surface area contributed by atoms with Crippen LogP contribution in [0, 0.1) is 20.8 Å². The first-order chi connectivity index (χ1) is 10.4. The summed E-state index contributed by atoms with van der Waals surface area (Å²) in [7, 11) is 0. The lowest BCUT2D eigenvalue weighted by molar-refractivity contribution is 0.102. The fourth-order valence-electron chi connectivity index (χ4n) is 2.38. The average molecular weight is 313 g/mol. The third kappa shape index (κ3) is 3.62. The van der Waals surface area contributed by atoms with Gasteiger partial charge >= 0.3 is 0 Å². The number of nitrogens with one attached hydrogen (secondary N) is 2. The molecule has 0 unspecified atom stereocenters. The molecule has 0 aromatic heterocycles. The molecule has 1 amide bonds. The summed E-state index contributed by atoms with van der Waals surface area (Å²) in [4.78, 5) is 12.4. The van der Waals surface area contributed by atoms with Crippen molar-refractivity contribution >= 4 is 34.6 Å². The van der Waals surface area contributed by atoms with Crippen molar-refractivity contribution in [2.45, 2.75) is 20.8 Å². The van der Waals surface area contributed by atoms with Gasteiger partial charge in [0.2, 0.25) is 0 Å². The second kappa shape index (κ2) is 6.58. The van der Waals surface area contributed by atoms with E-state index in [4.69, 9.17) is 18.0 Å². The maximum absolute atomic E-state index is 12.4. The second-order valence-electron chi connectivity index (χ2n) is 5.24. The molecule has 4 nitrogen and oxygen atoms in total. The summed E-state index contributed by atoms with van der Waals surface area (Å²) in [5, 5.41) is 6.11. The van der Waals surface area contributed by atoms with Gasteiger partial charge in [0.15, 0.2) is 5.11 Å². The second-order valence-corrected chi connectivity index (χ2v) is 5.68. The Morgan fingerprint density at radius 1 is 1.00 bits per heavy atom. The third-order valence-corrected chi connectivity index (χ3v) is 3.53. The van der Waals surface area contributed by atoms with Crippen LogP contribution in [0.1, 0.15) is 27.0 Å². The molecule has 0 saturated heterocycles. The van der Waals surface area contributed by atoms with E-state index >= 15 is 0 Å².